The predicted molar refractivity (Wildman–Crippen MR) is 89.8 cm³/mol. The number of piperidine rings is 1. The summed E-state index contributed by atoms with van der Waals surface area (Å²) < 4.78 is 2.15. The highest BCUT2D eigenvalue weighted by molar-refractivity contribution is 5.68. The van der Waals surface area contributed by atoms with Gasteiger partial charge in [-0.2, -0.15) is 0 Å². The average molecular weight is 291 g/mol. The van der Waals surface area contributed by atoms with E-state index in [9.17, 15) is 0 Å². The molecule has 112 valence electrons. The van der Waals surface area contributed by atoms with Crippen molar-refractivity contribution in [2.24, 2.45) is 0 Å². The Morgan fingerprint density at radius 3 is 2.64 bits per heavy atom. The quantitative estimate of drug-likeness (QED) is 0.779. The van der Waals surface area contributed by atoms with E-state index in [2.05, 4.69) is 59.5 Å². The van der Waals surface area contributed by atoms with Crippen LogP contribution in [0.4, 0.5) is 0 Å². The van der Waals surface area contributed by atoms with Gasteiger partial charge in [-0.05, 0) is 62.5 Å². The first-order valence-corrected chi connectivity index (χ1v) is 8.07. The number of pyridine rings is 1. The van der Waals surface area contributed by atoms with Crippen LogP contribution in [0, 0.1) is 6.92 Å². The van der Waals surface area contributed by atoms with Gasteiger partial charge in [-0.25, -0.2) is 0 Å². The van der Waals surface area contributed by atoms with Crippen molar-refractivity contribution in [2.45, 2.75) is 25.7 Å². The Bertz CT molecular complexity index is 739. The summed E-state index contributed by atoms with van der Waals surface area (Å²) >= 11 is 0. The molecule has 1 aromatic carbocycles. The van der Waals surface area contributed by atoms with Crippen LogP contribution in [0.2, 0.25) is 0 Å². The molecule has 1 saturated heterocycles. The van der Waals surface area contributed by atoms with Gasteiger partial charge in [0.2, 0.25) is 0 Å². The first-order chi connectivity index (χ1) is 10.8. The molecule has 0 unspecified atom stereocenters. The largest absolute Gasteiger partial charge is 0.322 e. The van der Waals surface area contributed by atoms with E-state index in [-0.39, 0.29) is 0 Å². The third-order valence-electron chi connectivity index (χ3n) is 4.71. The fourth-order valence-electron chi connectivity index (χ4n) is 3.62. The number of hydrogen-bond acceptors (Lipinski definition) is 2. The van der Waals surface area contributed by atoms with Crippen LogP contribution in [0.3, 0.4) is 0 Å². The molecular formula is C19H21N3. The second kappa shape index (κ2) is 5.58. The topological polar surface area (TPSA) is 29.9 Å². The Morgan fingerprint density at radius 2 is 1.86 bits per heavy atom. The summed E-state index contributed by atoms with van der Waals surface area (Å²) in [6.07, 6.45) is 6.75. The van der Waals surface area contributed by atoms with Gasteiger partial charge in [0.05, 0.1) is 5.69 Å². The van der Waals surface area contributed by atoms with Gasteiger partial charge in [0, 0.05) is 29.3 Å². The Balaban J connectivity index is 1.77. The highest BCUT2D eigenvalue weighted by Crippen LogP contribution is 2.37. The van der Waals surface area contributed by atoms with Crippen LogP contribution < -0.4 is 5.32 Å². The van der Waals surface area contributed by atoms with Crippen LogP contribution in [0.5, 0.6) is 0 Å². The van der Waals surface area contributed by atoms with Crippen molar-refractivity contribution in [1.29, 1.82) is 0 Å². The highest BCUT2D eigenvalue weighted by Gasteiger charge is 2.24. The van der Waals surface area contributed by atoms with Crippen LogP contribution in [0.1, 0.15) is 30.0 Å². The molecule has 4 rings (SSSR count). The fourth-order valence-corrected chi connectivity index (χ4v) is 3.62. The first kappa shape index (κ1) is 13.5. The number of para-hydroxylation sites is 1. The molecule has 0 aromatic heterocycles. The second-order valence-electron chi connectivity index (χ2n) is 6.12. The van der Waals surface area contributed by atoms with E-state index in [1.807, 2.05) is 6.07 Å². The second-order valence-corrected chi connectivity index (χ2v) is 6.12. The van der Waals surface area contributed by atoms with Crippen LogP contribution in [0.25, 0.3) is 16.9 Å². The summed E-state index contributed by atoms with van der Waals surface area (Å²) in [5.74, 6) is 0.652. The maximum Gasteiger partial charge on any atom is 0.0875 e. The summed E-state index contributed by atoms with van der Waals surface area (Å²) in [7, 11) is 0. The molecule has 1 N–H and O–H groups in total. The molecule has 0 atom stereocenters. The minimum absolute atomic E-state index is 0.652. The van der Waals surface area contributed by atoms with Crippen molar-refractivity contribution in [3.8, 4) is 16.9 Å². The SMILES string of the molecule is Cc1nc2cn(-c3ccccc3)ccc-2c1C1CCNCC1. The Morgan fingerprint density at radius 1 is 1.09 bits per heavy atom. The zero-order chi connectivity index (χ0) is 14.9. The summed E-state index contributed by atoms with van der Waals surface area (Å²) in [5, 5.41) is 3.45. The molecule has 0 bridgehead atoms. The maximum absolute atomic E-state index is 4.83. The molecule has 1 aromatic rings. The fraction of sp³-hybridized carbons (Fsp3) is 0.316. The van der Waals surface area contributed by atoms with Crippen molar-refractivity contribution in [3.63, 3.8) is 0 Å². The summed E-state index contributed by atoms with van der Waals surface area (Å²) in [4.78, 5) is 4.83. The minimum Gasteiger partial charge on any atom is -0.322 e. The van der Waals surface area contributed by atoms with Crippen LogP contribution in [-0.4, -0.2) is 22.6 Å². The van der Waals surface area contributed by atoms with Gasteiger partial charge in [0.1, 0.15) is 0 Å². The molecule has 3 heterocycles. The van der Waals surface area contributed by atoms with Gasteiger partial charge < -0.3 is 9.88 Å². The number of rotatable bonds is 2. The third-order valence-corrected chi connectivity index (χ3v) is 4.71. The molecule has 3 nitrogen and oxygen atoms in total. The molecular weight excluding hydrogens is 270 g/mol. The molecule has 3 aliphatic rings. The van der Waals surface area contributed by atoms with Crippen LogP contribution in [0.15, 0.2) is 48.8 Å². The van der Waals surface area contributed by atoms with Crippen molar-refractivity contribution < 1.29 is 0 Å². The number of aryl methyl sites for hydroxylation is 1. The summed E-state index contributed by atoms with van der Waals surface area (Å²) in [6.45, 7) is 4.39. The predicted octanol–water partition coefficient (Wildman–Crippen LogP) is 3.75. The van der Waals surface area contributed by atoms with Gasteiger partial charge in [0.15, 0.2) is 0 Å². The number of fused-ring (bicyclic) bond motifs is 1. The zero-order valence-corrected chi connectivity index (χ0v) is 12.9. The Hall–Kier alpha value is -2.13. The average Bonchev–Trinajstić information content (AvgIpc) is 2.91. The Labute approximate surface area is 131 Å². The van der Waals surface area contributed by atoms with Gasteiger partial charge in [-0.1, -0.05) is 18.2 Å². The van der Waals surface area contributed by atoms with Gasteiger partial charge in [-0.15, -0.1) is 0 Å². The summed E-state index contributed by atoms with van der Waals surface area (Å²) in [5.41, 5.74) is 6.28. The number of aromatic nitrogens is 2. The normalized spacial score (nSPS) is 16.2. The molecule has 0 spiro atoms. The van der Waals surface area contributed by atoms with Gasteiger partial charge in [0.25, 0.3) is 0 Å². The van der Waals surface area contributed by atoms with Gasteiger partial charge in [-0.3, -0.25) is 4.98 Å². The molecule has 1 fully saturated rings. The third kappa shape index (κ3) is 2.32. The maximum atomic E-state index is 4.83. The van der Waals surface area contributed by atoms with Crippen LogP contribution in [-0.2, 0) is 0 Å². The molecule has 3 aliphatic heterocycles. The molecule has 0 amide bonds. The molecule has 0 saturated carbocycles. The lowest BCUT2D eigenvalue weighted by Crippen LogP contribution is -2.26. The van der Waals surface area contributed by atoms with E-state index >= 15 is 0 Å². The van der Waals surface area contributed by atoms with E-state index < -0.39 is 0 Å². The first-order valence-electron chi connectivity index (χ1n) is 8.07. The minimum atomic E-state index is 0.652. The highest BCUT2D eigenvalue weighted by atomic mass is 15.0. The lowest BCUT2D eigenvalue weighted by atomic mass is 9.87. The summed E-state index contributed by atoms with van der Waals surface area (Å²) in [6, 6.07) is 12.7. The molecule has 3 heteroatoms. The van der Waals surface area contributed by atoms with E-state index in [1.54, 1.807) is 0 Å². The number of nitrogens with one attached hydrogen (secondary N) is 1. The van der Waals surface area contributed by atoms with Crippen molar-refractivity contribution in [1.82, 2.24) is 14.9 Å². The lowest BCUT2D eigenvalue weighted by molar-refractivity contribution is 0.460. The molecule has 22 heavy (non-hydrogen) atoms. The molecule has 0 radical (unpaired) electrons. The number of hydrogen-bond donors (Lipinski definition) is 1. The standard InChI is InChI=1S/C19H21N3/c1-14-19(15-7-10-20-11-8-15)17-9-12-22(13-18(17)21-14)16-5-3-2-4-6-16/h2-6,9,12-13,15,20H,7-8,10-11H2,1H3. The van der Waals surface area contributed by atoms with Gasteiger partial charge >= 0.3 is 0 Å². The lowest BCUT2D eigenvalue weighted by Gasteiger charge is -2.23. The van der Waals surface area contributed by atoms with Crippen molar-refractivity contribution in [3.05, 3.63) is 60.0 Å². The van der Waals surface area contributed by atoms with E-state index in [4.69, 9.17) is 4.98 Å². The monoisotopic (exact) mass is 291 g/mol. The Kier molecular flexibility index (Phi) is 3.43. The van der Waals surface area contributed by atoms with E-state index in [0.717, 1.165) is 18.8 Å². The zero-order valence-electron chi connectivity index (χ0n) is 12.9. The number of benzene rings is 1. The molecule has 0 aliphatic carbocycles. The smallest absolute Gasteiger partial charge is 0.0875 e. The van der Waals surface area contributed by atoms with Crippen LogP contribution >= 0.6 is 0 Å². The van der Waals surface area contributed by atoms with E-state index in [1.165, 1.54) is 35.3 Å². The van der Waals surface area contributed by atoms with E-state index in [0.29, 0.717) is 5.92 Å². The van der Waals surface area contributed by atoms with Crippen molar-refractivity contribution in [2.75, 3.05) is 13.1 Å². The van der Waals surface area contributed by atoms with Crippen molar-refractivity contribution >= 4 is 0 Å². The number of nitrogens with zero attached hydrogens (tertiary/aromatic N) is 2.